The Morgan fingerprint density at radius 1 is 1.24 bits per heavy atom. The fraction of sp³-hybridized carbons (Fsp3) is 0.400. The van der Waals surface area contributed by atoms with Gasteiger partial charge in [-0.15, -0.1) is 0 Å². The van der Waals surface area contributed by atoms with Crippen LogP contribution in [0.5, 0.6) is 0 Å². The number of carbonyl (C=O) groups is 1. The number of hydrogen-bond acceptors (Lipinski definition) is 6. The molecular weight excluding hydrogens is 344 g/mol. The maximum absolute atomic E-state index is 12.0. The highest BCUT2D eigenvalue weighted by Crippen LogP contribution is 2.19. The van der Waals surface area contributed by atoms with Gasteiger partial charge in [-0.1, -0.05) is 0 Å². The Kier molecular flexibility index (Phi) is 5.00. The fourth-order valence-corrected chi connectivity index (χ4v) is 3.54. The molecule has 25 heavy (non-hydrogen) atoms. The highest BCUT2D eigenvalue weighted by atomic mass is 32.2. The maximum Gasteiger partial charge on any atom is 0.244 e. The van der Waals surface area contributed by atoms with Gasteiger partial charge in [-0.05, 0) is 25.0 Å². The van der Waals surface area contributed by atoms with Crippen LogP contribution in [-0.2, 0) is 21.9 Å². The van der Waals surface area contributed by atoms with Gasteiger partial charge in [0.15, 0.2) is 0 Å². The summed E-state index contributed by atoms with van der Waals surface area (Å²) in [5, 5.41) is 6.42. The number of amides is 1. The number of rotatable bonds is 6. The quantitative estimate of drug-likeness (QED) is 0.765. The van der Waals surface area contributed by atoms with Crippen LogP contribution in [0.1, 0.15) is 12.8 Å². The first-order chi connectivity index (χ1) is 11.9. The largest absolute Gasteiger partial charge is 0.357 e. The van der Waals surface area contributed by atoms with E-state index in [2.05, 4.69) is 25.0 Å². The molecule has 1 aliphatic heterocycles. The molecule has 0 bridgehead atoms. The molecule has 2 aromatic heterocycles. The van der Waals surface area contributed by atoms with Gasteiger partial charge in [-0.25, -0.2) is 18.1 Å². The minimum absolute atomic E-state index is 0.0134. The van der Waals surface area contributed by atoms with Crippen molar-refractivity contribution in [3.8, 4) is 0 Å². The number of hydrogen-bond donors (Lipinski definition) is 2. The molecule has 1 fully saturated rings. The van der Waals surface area contributed by atoms with Crippen LogP contribution in [0, 0.1) is 0 Å². The van der Waals surface area contributed by atoms with Gasteiger partial charge in [0.1, 0.15) is 10.7 Å². The minimum Gasteiger partial charge on any atom is -0.357 e. The van der Waals surface area contributed by atoms with E-state index in [4.69, 9.17) is 0 Å². The van der Waals surface area contributed by atoms with E-state index in [9.17, 15) is 13.2 Å². The third kappa shape index (κ3) is 4.34. The molecule has 0 radical (unpaired) electrons. The van der Waals surface area contributed by atoms with E-state index in [1.807, 2.05) is 6.07 Å². The molecule has 0 atom stereocenters. The molecule has 1 aliphatic rings. The predicted octanol–water partition coefficient (Wildman–Crippen LogP) is 0.332. The molecule has 1 saturated heterocycles. The molecule has 3 rings (SSSR count). The molecule has 0 aliphatic carbocycles. The van der Waals surface area contributed by atoms with Gasteiger partial charge < -0.3 is 10.2 Å². The van der Waals surface area contributed by atoms with E-state index in [1.165, 1.54) is 17.1 Å². The van der Waals surface area contributed by atoms with E-state index >= 15 is 0 Å². The number of pyridine rings is 1. The third-order valence-electron chi connectivity index (χ3n) is 3.88. The van der Waals surface area contributed by atoms with Crippen LogP contribution in [0.25, 0.3) is 0 Å². The fourth-order valence-electron chi connectivity index (χ4n) is 2.58. The van der Waals surface area contributed by atoms with Gasteiger partial charge in [0, 0.05) is 26.3 Å². The summed E-state index contributed by atoms with van der Waals surface area (Å²) >= 11 is 0. The number of aromatic nitrogens is 3. The first-order valence-corrected chi connectivity index (χ1v) is 9.41. The topological polar surface area (TPSA) is 109 Å². The zero-order chi connectivity index (χ0) is 17.9. The zero-order valence-electron chi connectivity index (χ0n) is 13.8. The van der Waals surface area contributed by atoms with E-state index in [1.54, 1.807) is 19.3 Å². The van der Waals surface area contributed by atoms with Gasteiger partial charge in [0.25, 0.3) is 0 Å². The first-order valence-electron chi connectivity index (χ1n) is 7.93. The first kappa shape index (κ1) is 17.4. The van der Waals surface area contributed by atoms with Crippen molar-refractivity contribution in [2.45, 2.75) is 17.7 Å². The molecule has 1 amide bonds. The molecule has 134 valence electrons. The Bertz CT molecular complexity index is 840. The van der Waals surface area contributed by atoms with Crippen LogP contribution in [0.15, 0.2) is 35.6 Å². The summed E-state index contributed by atoms with van der Waals surface area (Å²) < 4.78 is 27.7. The van der Waals surface area contributed by atoms with Crippen molar-refractivity contribution in [2.75, 3.05) is 29.9 Å². The summed E-state index contributed by atoms with van der Waals surface area (Å²) in [7, 11) is -2.15. The second-order valence-corrected chi connectivity index (χ2v) is 7.59. The summed E-state index contributed by atoms with van der Waals surface area (Å²) in [6, 6.07) is 3.61. The number of aryl methyl sites for hydroxylation is 1. The van der Waals surface area contributed by atoms with Crippen LogP contribution in [-0.4, -0.2) is 48.7 Å². The molecule has 10 heteroatoms. The third-order valence-corrected chi connectivity index (χ3v) is 5.23. The van der Waals surface area contributed by atoms with E-state index in [-0.39, 0.29) is 11.4 Å². The minimum atomic E-state index is -3.76. The van der Waals surface area contributed by atoms with Gasteiger partial charge in [0.05, 0.1) is 24.6 Å². The molecule has 2 N–H and O–H groups in total. The molecule has 3 heterocycles. The lowest BCUT2D eigenvalue weighted by molar-refractivity contribution is -0.115. The monoisotopic (exact) mass is 364 g/mol. The molecule has 0 aromatic carbocycles. The molecular formula is C15H20N6O3S. The van der Waals surface area contributed by atoms with E-state index < -0.39 is 15.9 Å². The van der Waals surface area contributed by atoms with Crippen LogP contribution >= 0.6 is 0 Å². The van der Waals surface area contributed by atoms with Crippen LogP contribution in [0.3, 0.4) is 0 Å². The normalized spacial score (nSPS) is 14.7. The van der Waals surface area contributed by atoms with Crippen molar-refractivity contribution in [1.29, 1.82) is 0 Å². The SMILES string of the molecule is Cn1cc(S(=O)(=O)NCC(=O)Nc2ccc(N3CCCC3)nc2)cn1. The van der Waals surface area contributed by atoms with Gasteiger partial charge >= 0.3 is 0 Å². The number of nitrogens with zero attached hydrogens (tertiary/aromatic N) is 4. The van der Waals surface area contributed by atoms with Crippen LogP contribution < -0.4 is 14.9 Å². The Labute approximate surface area is 146 Å². The average Bonchev–Trinajstić information content (AvgIpc) is 3.26. The molecule has 2 aromatic rings. The number of anilines is 2. The van der Waals surface area contributed by atoms with E-state index in [0.717, 1.165) is 31.7 Å². The Morgan fingerprint density at radius 3 is 2.60 bits per heavy atom. The highest BCUT2D eigenvalue weighted by Gasteiger charge is 2.17. The van der Waals surface area contributed by atoms with Gasteiger partial charge in [-0.2, -0.15) is 5.10 Å². The summed E-state index contributed by atoms with van der Waals surface area (Å²) in [6.45, 7) is 1.62. The van der Waals surface area contributed by atoms with Crippen molar-refractivity contribution < 1.29 is 13.2 Å². The average molecular weight is 364 g/mol. The van der Waals surface area contributed by atoms with Crippen molar-refractivity contribution in [2.24, 2.45) is 7.05 Å². The van der Waals surface area contributed by atoms with Crippen molar-refractivity contribution in [1.82, 2.24) is 19.5 Å². The predicted molar refractivity (Wildman–Crippen MR) is 92.7 cm³/mol. The molecule has 0 saturated carbocycles. The number of nitrogens with one attached hydrogen (secondary N) is 2. The zero-order valence-corrected chi connectivity index (χ0v) is 14.7. The number of carbonyl (C=O) groups excluding carboxylic acids is 1. The molecule has 0 spiro atoms. The number of sulfonamides is 1. The van der Waals surface area contributed by atoms with Gasteiger partial charge in [0.2, 0.25) is 15.9 Å². The van der Waals surface area contributed by atoms with Crippen molar-refractivity contribution in [3.63, 3.8) is 0 Å². The summed E-state index contributed by atoms with van der Waals surface area (Å²) in [4.78, 5) is 18.5. The second-order valence-electron chi connectivity index (χ2n) is 5.82. The molecule has 9 nitrogen and oxygen atoms in total. The van der Waals surface area contributed by atoms with Gasteiger partial charge in [-0.3, -0.25) is 9.48 Å². The Balaban J connectivity index is 1.53. The standard InChI is InChI=1S/C15H20N6O3S/c1-20-11-13(9-17-20)25(23,24)18-10-15(22)19-12-4-5-14(16-8-12)21-6-2-3-7-21/h4-5,8-9,11,18H,2-3,6-7,10H2,1H3,(H,19,22). The second kappa shape index (κ2) is 7.19. The summed E-state index contributed by atoms with van der Waals surface area (Å²) in [5.41, 5.74) is 0.522. The van der Waals surface area contributed by atoms with Crippen LogP contribution in [0.4, 0.5) is 11.5 Å². The maximum atomic E-state index is 12.0. The van der Waals surface area contributed by atoms with Crippen LogP contribution in [0.2, 0.25) is 0 Å². The summed E-state index contributed by atoms with van der Waals surface area (Å²) in [6.07, 6.45) is 6.48. The lowest BCUT2D eigenvalue weighted by atomic mass is 10.3. The smallest absolute Gasteiger partial charge is 0.244 e. The lowest BCUT2D eigenvalue weighted by Gasteiger charge is -2.16. The molecule has 0 unspecified atom stereocenters. The van der Waals surface area contributed by atoms with Crippen molar-refractivity contribution in [3.05, 3.63) is 30.7 Å². The van der Waals surface area contributed by atoms with Crippen molar-refractivity contribution >= 4 is 27.4 Å². The Hall–Kier alpha value is -2.46. The lowest BCUT2D eigenvalue weighted by Crippen LogP contribution is -2.32. The Morgan fingerprint density at radius 2 is 2.00 bits per heavy atom. The summed E-state index contributed by atoms with van der Waals surface area (Å²) in [5.74, 6) is 0.413. The highest BCUT2D eigenvalue weighted by molar-refractivity contribution is 7.89. The van der Waals surface area contributed by atoms with E-state index in [0.29, 0.717) is 5.69 Å².